The zero-order valence-electron chi connectivity index (χ0n) is 16.8. The molecule has 3 rings (SSSR count). The highest BCUT2D eigenvalue weighted by Crippen LogP contribution is 2.40. The second-order valence-electron chi connectivity index (χ2n) is 7.94. The highest BCUT2D eigenvalue weighted by Gasteiger charge is 2.48. The van der Waals surface area contributed by atoms with Gasteiger partial charge in [0.15, 0.2) is 9.84 Å². The number of hydrogen-bond donors (Lipinski definition) is 0. The number of nitrogens with zero attached hydrogens (tertiary/aromatic N) is 2. The van der Waals surface area contributed by atoms with Crippen LogP contribution in [0.25, 0.3) is 0 Å². The monoisotopic (exact) mass is 480 g/mol. The van der Waals surface area contributed by atoms with Crippen LogP contribution < -0.4 is 4.90 Å². The van der Waals surface area contributed by atoms with E-state index in [1.807, 2.05) is 0 Å². The van der Waals surface area contributed by atoms with Crippen molar-refractivity contribution < 1.29 is 39.6 Å². The zero-order chi connectivity index (χ0) is 24.1. The molecule has 2 aromatic rings. The standard InChI is InChI=1S/C20H18F6N2O3S/c1-18(2,32(30,31)15-5-3-4-12(8-15)19(21,22)23)13-9-17(29)28(11-13)14-6-7-16(27-10-14)20(24,25)26/h3-8,10,13H,9,11H2,1-2H3/t13-/m0/s1. The molecule has 1 aromatic heterocycles. The molecule has 1 atom stereocenters. The molecule has 1 amide bonds. The number of aromatic nitrogens is 1. The van der Waals surface area contributed by atoms with Gasteiger partial charge >= 0.3 is 12.4 Å². The van der Waals surface area contributed by atoms with Crippen molar-refractivity contribution in [1.82, 2.24) is 4.98 Å². The smallest absolute Gasteiger partial charge is 0.311 e. The van der Waals surface area contributed by atoms with E-state index in [0.29, 0.717) is 12.1 Å². The number of amides is 1. The van der Waals surface area contributed by atoms with E-state index in [1.54, 1.807) is 0 Å². The summed E-state index contributed by atoms with van der Waals surface area (Å²) in [5.41, 5.74) is -2.19. The molecule has 32 heavy (non-hydrogen) atoms. The van der Waals surface area contributed by atoms with Gasteiger partial charge in [0.25, 0.3) is 0 Å². The Labute approximate surface area is 180 Å². The normalized spacial score (nSPS) is 18.3. The highest BCUT2D eigenvalue weighted by atomic mass is 32.2. The van der Waals surface area contributed by atoms with Crippen molar-refractivity contribution in [3.8, 4) is 0 Å². The molecular weight excluding hydrogens is 462 g/mol. The Bertz CT molecular complexity index is 1130. The number of carbonyl (C=O) groups excluding carboxylic acids is 1. The minimum Gasteiger partial charge on any atom is -0.311 e. The first-order valence-electron chi connectivity index (χ1n) is 9.30. The molecule has 0 N–H and O–H groups in total. The molecule has 1 fully saturated rings. The average molecular weight is 480 g/mol. The second kappa shape index (κ2) is 7.75. The second-order valence-corrected chi connectivity index (χ2v) is 10.5. The van der Waals surface area contributed by atoms with Crippen LogP contribution in [0.1, 0.15) is 31.5 Å². The summed E-state index contributed by atoms with van der Waals surface area (Å²) in [5, 5.41) is 0. The van der Waals surface area contributed by atoms with Crippen LogP contribution in [0.4, 0.5) is 32.0 Å². The summed E-state index contributed by atoms with van der Waals surface area (Å²) < 4.78 is 102. The lowest BCUT2D eigenvalue weighted by atomic mass is 9.94. The van der Waals surface area contributed by atoms with Crippen molar-refractivity contribution in [2.75, 3.05) is 11.4 Å². The summed E-state index contributed by atoms with van der Waals surface area (Å²) in [4.78, 5) is 16.4. The van der Waals surface area contributed by atoms with Gasteiger partial charge < -0.3 is 4.90 Å². The molecule has 0 spiro atoms. The van der Waals surface area contributed by atoms with Crippen LogP contribution in [-0.4, -0.2) is 30.6 Å². The van der Waals surface area contributed by atoms with Crippen molar-refractivity contribution in [3.05, 3.63) is 53.9 Å². The highest BCUT2D eigenvalue weighted by molar-refractivity contribution is 7.92. The molecule has 0 unspecified atom stereocenters. The van der Waals surface area contributed by atoms with Gasteiger partial charge in [-0.1, -0.05) is 6.07 Å². The Morgan fingerprint density at radius 2 is 1.66 bits per heavy atom. The first kappa shape index (κ1) is 24.0. The number of rotatable bonds is 4. The number of benzene rings is 1. The average Bonchev–Trinajstić information content (AvgIpc) is 3.09. The van der Waals surface area contributed by atoms with Gasteiger partial charge in [0.05, 0.1) is 27.1 Å². The van der Waals surface area contributed by atoms with Crippen LogP contribution in [-0.2, 0) is 27.0 Å². The van der Waals surface area contributed by atoms with Crippen molar-refractivity contribution >= 4 is 21.4 Å². The molecular formula is C20H18F6N2O3S. The number of sulfone groups is 1. The molecule has 0 saturated carbocycles. The van der Waals surface area contributed by atoms with E-state index in [9.17, 15) is 39.6 Å². The van der Waals surface area contributed by atoms with Gasteiger partial charge in [0.2, 0.25) is 5.91 Å². The number of hydrogen-bond acceptors (Lipinski definition) is 4. The lowest BCUT2D eigenvalue weighted by molar-refractivity contribution is -0.141. The molecule has 1 aliphatic heterocycles. The summed E-state index contributed by atoms with van der Waals surface area (Å²) >= 11 is 0. The molecule has 1 saturated heterocycles. The summed E-state index contributed by atoms with van der Waals surface area (Å²) in [5.74, 6) is -1.35. The minimum absolute atomic E-state index is 0.0674. The van der Waals surface area contributed by atoms with Crippen molar-refractivity contribution in [2.24, 2.45) is 5.92 Å². The zero-order valence-corrected chi connectivity index (χ0v) is 17.6. The van der Waals surface area contributed by atoms with Crippen molar-refractivity contribution in [2.45, 2.75) is 42.3 Å². The Kier molecular flexibility index (Phi) is 5.82. The fourth-order valence-electron chi connectivity index (χ4n) is 3.50. The first-order valence-corrected chi connectivity index (χ1v) is 10.8. The minimum atomic E-state index is -4.73. The van der Waals surface area contributed by atoms with Crippen LogP contribution in [0.15, 0.2) is 47.5 Å². The van der Waals surface area contributed by atoms with E-state index >= 15 is 0 Å². The summed E-state index contributed by atoms with van der Waals surface area (Å²) in [6, 6.07) is 5.12. The number of halogens is 6. The van der Waals surface area contributed by atoms with Gasteiger partial charge in [-0.2, -0.15) is 26.3 Å². The van der Waals surface area contributed by atoms with Crippen LogP contribution in [0.3, 0.4) is 0 Å². The van der Waals surface area contributed by atoms with E-state index in [4.69, 9.17) is 0 Å². The predicted molar refractivity (Wildman–Crippen MR) is 102 cm³/mol. The number of pyridine rings is 1. The molecule has 12 heteroatoms. The third kappa shape index (κ3) is 4.32. The van der Waals surface area contributed by atoms with Gasteiger partial charge in [-0.15, -0.1) is 0 Å². The molecule has 2 heterocycles. The Balaban J connectivity index is 1.89. The van der Waals surface area contributed by atoms with E-state index < -0.39 is 54.9 Å². The van der Waals surface area contributed by atoms with Gasteiger partial charge in [-0.05, 0) is 44.2 Å². The van der Waals surface area contributed by atoms with Crippen LogP contribution in [0, 0.1) is 5.92 Å². The summed E-state index contributed by atoms with van der Waals surface area (Å²) in [6.07, 6.45) is -8.76. The van der Waals surface area contributed by atoms with Gasteiger partial charge in [0, 0.05) is 18.9 Å². The third-order valence-corrected chi connectivity index (χ3v) is 8.22. The van der Waals surface area contributed by atoms with Gasteiger partial charge in [-0.3, -0.25) is 4.79 Å². The molecule has 0 bridgehead atoms. The number of anilines is 1. The molecule has 1 aliphatic rings. The largest absolute Gasteiger partial charge is 0.433 e. The van der Waals surface area contributed by atoms with Gasteiger partial charge in [0.1, 0.15) is 5.69 Å². The lowest BCUT2D eigenvalue weighted by Crippen LogP contribution is -2.41. The van der Waals surface area contributed by atoms with Crippen LogP contribution in [0.5, 0.6) is 0 Å². The number of alkyl halides is 6. The van der Waals surface area contributed by atoms with Crippen molar-refractivity contribution in [1.29, 1.82) is 0 Å². The fourth-order valence-corrected chi connectivity index (χ4v) is 5.24. The fraction of sp³-hybridized carbons (Fsp3) is 0.400. The predicted octanol–water partition coefficient (Wildman–Crippen LogP) is 4.72. The molecule has 0 aliphatic carbocycles. The molecule has 1 aromatic carbocycles. The topological polar surface area (TPSA) is 67.3 Å². The summed E-state index contributed by atoms with van der Waals surface area (Å²) in [7, 11) is -4.30. The maximum Gasteiger partial charge on any atom is 0.433 e. The summed E-state index contributed by atoms with van der Waals surface area (Å²) in [6.45, 7) is 2.49. The third-order valence-electron chi connectivity index (χ3n) is 5.62. The number of carbonyl (C=O) groups is 1. The lowest BCUT2D eigenvalue weighted by Gasteiger charge is -2.31. The Hall–Kier alpha value is -2.63. The maximum atomic E-state index is 13.2. The van der Waals surface area contributed by atoms with Crippen LogP contribution >= 0.6 is 0 Å². The molecule has 0 radical (unpaired) electrons. The molecule has 174 valence electrons. The van der Waals surface area contributed by atoms with E-state index in [2.05, 4.69) is 4.98 Å². The Morgan fingerprint density at radius 3 is 2.19 bits per heavy atom. The quantitative estimate of drug-likeness (QED) is 0.594. The van der Waals surface area contributed by atoms with Crippen LogP contribution in [0.2, 0.25) is 0 Å². The SMILES string of the molecule is CC(C)([C@H]1CC(=O)N(c2ccc(C(F)(F)F)nc2)C1)S(=O)(=O)c1cccc(C(F)(F)F)c1. The van der Waals surface area contributed by atoms with E-state index in [0.717, 1.165) is 35.4 Å². The van der Waals surface area contributed by atoms with E-state index in [-0.39, 0.29) is 18.7 Å². The van der Waals surface area contributed by atoms with E-state index in [1.165, 1.54) is 13.8 Å². The van der Waals surface area contributed by atoms with Crippen molar-refractivity contribution in [3.63, 3.8) is 0 Å². The first-order chi connectivity index (χ1) is 14.5. The van der Waals surface area contributed by atoms with Gasteiger partial charge in [-0.25, -0.2) is 13.4 Å². The Morgan fingerprint density at radius 1 is 1.00 bits per heavy atom. The molecule has 5 nitrogen and oxygen atoms in total. The maximum absolute atomic E-state index is 13.2.